The van der Waals surface area contributed by atoms with Crippen molar-refractivity contribution in [2.24, 2.45) is 0 Å². The number of rotatable bonds is 7. The van der Waals surface area contributed by atoms with Crippen LogP contribution in [0.25, 0.3) is 0 Å². The summed E-state index contributed by atoms with van der Waals surface area (Å²) in [4.78, 5) is 12.3. The van der Waals surface area contributed by atoms with E-state index in [1.807, 2.05) is 57.2 Å². The molecular weight excluding hydrogens is 290 g/mol. The van der Waals surface area contributed by atoms with E-state index in [1.165, 1.54) is 0 Å². The summed E-state index contributed by atoms with van der Waals surface area (Å²) in [5.41, 5.74) is 2.54. The van der Waals surface area contributed by atoms with Crippen molar-refractivity contribution in [3.8, 4) is 11.5 Å². The SMILES string of the molecule is CCOc1ccc(C(=O)NCc2ccccc2OCC)cc1C. The summed E-state index contributed by atoms with van der Waals surface area (Å²) >= 11 is 0. The molecule has 0 heterocycles. The Morgan fingerprint density at radius 2 is 1.70 bits per heavy atom. The summed E-state index contributed by atoms with van der Waals surface area (Å²) < 4.78 is 11.1. The summed E-state index contributed by atoms with van der Waals surface area (Å²) in [5.74, 6) is 1.51. The average Bonchev–Trinajstić information content (AvgIpc) is 2.56. The molecule has 2 aromatic rings. The minimum Gasteiger partial charge on any atom is -0.494 e. The molecule has 0 spiro atoms. The van der Waals surface area contributed by atoms with Gasteiger partial charge in [-0.2, -0.15) is 0 Å². The van der Waals surface area contributed by atoms with E-state index in [-0.39, 0.29) is 5.91 Å². The highest BCUT2D eigenvalue weighted by atomic mass is 16.5. The van der Waals surface area contributed by atoms with Gasteiger partial charge in [0.05, 0.1) is 13.2 Å². The molecule has 0 saturated carbocycles. The molecular formula is C19H23NO3. The number of hydrogen-bond acceptors (Lipinski definition) is 3. The molecule has 0 aliphatic carbocycles. The largest absolute Gasteiger partial charge is 0.494 e. The van der Waals surface area contributed by atoms with Gasteiger partial charge in [0, 0.05) is 17.7 Å². The van der Waals surface area contributed by atoms with Crippen molar-refractivity contribution in [2.45, 2.75) is 27.3 Å². The van der Waals surface area contributed by atoms with Crippen LogP contribution in [-0.4, -0.2) is 19.1 Å². The van der Waals surface area contributed by atoms with Gasteiger partial charge in [-0.3, -0.25) is 4.79 Å². The van der Waals surface area contributed by atoms with Gasteiger partial charge in [-0.1, -0.05) is 18.2 Å². The third kappa shape index (κ3) is 4.49. The maximum Gasteiger partial charge on any atom is 0.251 e. The molecule has 0 aromatic heterocycles. The normalized spacial score (nSPS) is 10.2. The number of ether oxygens (including phenoxy) is 2. The van der Waals surface area contributed by atoms with Gasteiger partial charge in [0.15, 0.2) is 0 Å². The number of aryl methyl sites for hydroxylation is 1. The molecule has 122 valence electrons. The lowest BCUT2D eigenvalue weighted by Crippen LogP contribution is -2.23. The van der Waals surface area contributed by atoms with Crippen molar-refractivity contribution in [3.63, 3.8) is 0 Å². The Morgan fingerprint density at radius 3 is 2.39 bits per heavy atom. The number of hydrogen-bond donors (Lipinski definition) is 1. The number of benzene rings is 2. The molecule has 0 radical (unpaired) electrons. The van der Waals surface area contributed by atoms with Crippen molar-refractivity contribution < 1.29 is 14.3 Å². The second kappa shape index (κ2) is 8.22. The van der Waals surface area contributed by atoms with Crippen molar-refractivity contribution in [1.29, 1.82) is 0 Å². The van der Waals surface area contributed by atoms with Gasteiger partial charge in [-0.15, -0.1) is 0 Å². The van der Waals surface area contributed by atoms with Gasteiger partial charge < -0.3 is 14.8 Å². The van der Waals surface area contributed by atoms with E-state index in [4.69, 9.17) is 9.47 Å². The lowest BCUT2D eigenvalue weighted by atomic mass is 10.1. The van der Waals surface area contributed by atoms with Gasteiger partial charge in [-0.25, -0.2) is 0 Å². The minimum absolute atomic E-state index is 0.109. The van der Waals surface area contributed by atoms with Crippen LogP contribution in [0.3, 0.4) is 0 Å². The highest BCUT2D eigenvalue weighted by molar-refractivity contribution is 5.94. The molecule has 0 aliphatic rings. The van der Waals surface area contributed by atoms with E-state index in [0.717, 1.165) is 22.6 Å². The predicted octanol–water partition coefficient (Wildman–Crippen LogP) is 3.72. The molecule has 1 N–H and O–H groups in total. The molecule has 0 bridgehead atoms. The molecule has 0 atom stereocenters. The zero-order valence-corrected chi connectivity index (χ0v) is 13.9. The molecule has 0 aliphatic heterocycles. The van der Waals surface area contributed by atoms with Crippen LogP contribution in [0.15, 0.2) is 42.5 Å². The maximum atomic E-state index is 12.3. The van der Waals surface area contributed by atoms with Crippen LogP contribution in [0.1, 0.15) is 35.3 Å². The van der Waals surface area contributed by atoms with Crippen LogP contribution in [0.5, 0.6) is 11.5 Å². The van der Waals surface area contributed by atoms with E-state index < -0.39 is 0 Å². The topological polar surface area (TPSA) is 47.6 Å². The first-order chi connectivity index (χ1) is 11.2. The fraction of sp³-hybridized carbons (Fsp3) is 0.316. The smallest absolute Gasteiger partial charge is 0.251 e. The Labute approximate surface area is 137 Å². The zero-order chi connectivity index (χ0) is 16.7. The van der Waals surface area contributed by atoms with Crippen LogP contribution < -0.4 is 14.8 Å². The molecule has 2 aromatic carbocycles. The van der Waals surface area contributed by atoms with E-state index in [2.05, 4.69) is 5.32 Å². The Kier molecular flexibility index (Phi) is 6.03. The fourth-order valence-corrected chi connectivity index (χ4v) is 2.33. The number of nitrogens with one attached hydrogen (secondary N) is 1. The van der Waals surface area contributed by atoms with Crippen molar-refractivity contribution in [3.05, 3.63) is 59.2 Å². The van der Waals surface area contributed by atoms with Gasteiger partial charge in [0.25, 0.3) is 5.91 Å². The first-order valence-electron chi connectivity index (χ1n) is 7.88. The number of para-hydroxylation sites is 1. The third-order valence-corrected chi connectivity index (χ3v) is 3.45. The first-order valence-corrected chi connectivity index (χ1v) is 7.88. The number of carbonyl (C=O) groups excluding carboxylic acids is 1. The molecule has 4 heteroatoms. The second-order valence-corrected chi connectivity index (χ2v) is 5.14. The van der Waals surface area contributed by atoms with E-state index in [1.54, 1.807) is 6.07 Å². The van der Waals surface area contributed by atoms with Crippen LogP contribution in [0.4, 0.5) is 0 Å². The Balaban J connectivity index is 2.04. The van der Waals surface area contributed by atoms with Crippen molar-refractivity contribution in [2.75, 3.05) is 13.2 Å². The molecule has 0 unspecified atom stereocenters. The monoisotopic (exact) mass is 313 g/mol. The lowest BCUT2D eigenvalue weighted by molar-refractivity contribution is 0.0950. The maximum absolute atomic E-state index is 12.3. The average molecular weight is 313 g/mol. The van der Waals surface area contributed by atoms with E-state index in [9.17, 15) is 4.79 Å². The predicted molar refractivity (Wildman–Crippen MR) is 91.1 cm³/mol. The highest BCUT2D eigenvalue weighted by Gasteiger charge is 2.09. The molecule has 1 amide bonds. The Morgan fingerprint density at radius 1 is 1.00 bits per heavy atom. The van der Waals surface area contributed by atoms with Crippen LogP contribution in [0, 0.1) is 6.92 Å². The van der Waals surface area contributed by atoms with Crippen LogP contribution >= 0.6 is 0 Å². The van der Waals surface area contributed by atoms with Crippen molar-refractivity contribution >= 4 is 5.91 Å². The standard InChI is InChI=1S/C19H23NO3/c1-4-22-17-11-10-15(12-14(17)3)19(21)20-13-16-8-6-7-9-18(16)23-5-2/h6-12H,4-5,13H2,1-3H3,(H,20,21). The van der Waals surface area contributed by atoms with Gasteiger partial charge in [-0.05, 0) is 50.6 Å². The van der Waals surface area contributed by atoms with Crippen molar-refractivity contribution in [1.82, 2.24) is 5.32 Å². The van der Waals surface area contributed by atoms with Crippen LogP contribution in [0.2, 0.25) is 0 Å². The molecule has 0 fully saturated rings. The number of amides is 1. The summed E-state index contributed by atoms with van der Waals surface area (Å²) in [6.07, 6.45) is 0. The quantitative estimate of drug-likeness (QED) is 0.847. The molecule has 4 nitrogen and oxygen atoms in total. The zero-order valence-electron chi connectivity index (χ0n) is 13.9. The molecule has 0 saturated heterocycles. The minimum atomic E-state index is -0.109. The summed E-state index contributed by atoms with van der Waals surface area (Å²) in [6.45, 7) is 7.46. The second-order valence-electron chi connectivity index (χ2n) is 5.14. The fourth-order valence-electron chi connectivity index (χ4n) is 2.33. The highest BCUT2D eigenvalue weighted by Crippen LogP contribution is 2.20. The van der Waals surface area contributed by atoms with Crippen LogP contribution in [-0.2, 0) is 6.54 Å². The third-order valence-electron chi connectivity index (χ3n) is 3.45. The summed E-state index contributed by atoms with van der Waals surface area (Å²) in [5, 5.41) is 2.93. The molecule has 2 rings (SSSR count). The Bertz CT molecular complexity index is 667. The van der Waals surface area contributed by atoms with E-state index in [0.29, 0.717) is 25.3 Å². The van der Waals surface area contributed by atoms with Gasteiger partial charge in [0.2, 0.25) is 0 Å². The first kappa shape index (κ1) is 16.9. The lowest BCUT2D eigenvalue weighted by Gasteiger charge is -2.12. The van der Waals surface area contributed by atoms with E-state index >= 15 is 0 Å². The molecule has 23 heavy (non-hydrogen) atoms. The van der Waals surface area contributed by atoms with Gasteiger partial charge in [0.1, 0.15) is 11.5 Å². The summed E-state index contributed by atoms with van der Waals surface area (Å²) in [6, 6.07) is 13.2. The summed E-state index contributed by atoms with van der Waals surface area (Å²) in [7, 11) is 0. The van der Waals surface area contributed by atoms with Gasteiger partial charge >= 0.3 is 0 Å². The Hall–Kier alpha value is -2.49. The number of carbonyl (C=O) groups is 1.